The second kappa shape index (κ2) is 5.57. The number of benzene rings is 1. The Labute approximate surface area is 131 Å². The number of aryl methyl sites for hydroxylation is 1. The molecule has 0 saturated carbocycles. The van der Waals surface area contributed by atoms with Crippen LogP contribution in [-0.2, 0) is 21.1 Å². The molecule has 0 aromatic heterocycles. The molecule has 120 valence electrons. The van der Waals surface area contributed by atoms with E-state index in [2.05, 4.69) is 0 Å². The van der Waals surface area contributed by atoms with Crippen molar-refractivity contribution < 1.29 is 17.9 Å². The molecule has 1 aromatic carbocycles. The van der Waals surface area contributed by atoms with E-state index in [1.807, 2.05) is 30.0 Å². The first-order valence-electron chi connectivity index (χ1n) is 7.49. The molecule has 22 heavy (non-hydrogen) atoms. The van der Waals surface area contributed by atoms with Crippen LogP contribution in [0.5, 0.6) is 5.75 Å². The molecule has 1 aromatic rings. The van der Waals surface area contributed by atoms with Crippen molar-refractivity contribution >= 4 is 15.7 Å². The number of methoxy groups -OCH3 is 1. The molecular weight excluding hydrogens is 302 g/mol. The van der Waals surface area contributed by atoms with Crippen molar-refractivity contribution in [3.8, 4) is 5.75 Å². The van der Waals surface area contributed by atoms with Crippen LogP contribution in [0.25, 0.3) is 0 Å². The van der Waals surface area contributed by atoms with E-state index in [-0.39, 0.29) is 11.8 Å². The van der Waals surface area contributed by atoms with Crippen molar-refractivity contribution in [2.45, 2.75) is 13.3 Å². The van der Waals surface area contributed by atoms with Gasteiger partial charge in [-0.15, -0.1) is 0 Å². The first kappa shape index (κ1) is 15.3. The zero-order valence-electron chi connectivity index (χ0n) is 12.9. The molecule has 0 aliphatic carbocycles. The molecule has 2 aliphatic rings. The average molecular weight is 323 g/mol. The maximum atomic E-state index is 12.3. The predicted octanol–water partition coefficient (Wildman–Crippen LogP) is 1.05. The number of sulfone groups is 1. The van der Waals surface area contributed by atoms with Gasteiger partial charge in [0, 0.05) is 13.1 Å². The van der Waals surface area contributed by atoms with Crippen LogP contribution in [0.15, 0.2) is 18.2 Å². The van der Waals surface area contributed by atoms with Crippen molar-refractivity contribution in [1.82, 2.24) is 4.90 Å². The first-order valence-corrected chi connectivity index (χ1v) is 9.32. The highest BCUT2D eigenvalue weighted by Gasteiger charge is 2.44. The fourth-order valence-corrected chi connectivity index (χ4v) is 4.91. The van der Waals surface area contributed by atoms with Gasteiger partial charge in [-0.2, -0.15) is 0 Å². The van der Waals surface area contributed by atoms with E-state index in [4.69, 9.17) is 4.74 Å². The Morgan fingerprint density at radius 3 is 2.50 bits per heavy atom. The number of hydrogen-bond donors (Lipinski definition) is 0. The third kappa shape index (κ3) is 2.97. The summed E-state index contributed by atoms with van der Waals surface area (Å²) in [6.07, 6.45) is 0.394. The van der Waals surface area contributed by atoms with Gasteiger partial charge in [0.25, 0.3) is 0 Å². The summed E-state index contributed by atoms with van der Waals surface area (Å²) in [4.78, 5) is 14.1. The quantitative estimate of drug-likeness (QED) is 0.831. The van der Waals surface area contributed by atoms with Gasteiger partial charge in [-0.1, -0.05) is 6.07 Å². The second-order valence-corrected chi connectivity index (χ2v) is 8.52. The summed E-state index contributed by atoms with van der Waals surface area (Å²) in [5.74, 6) is 2.14. The number of carbonyl (C=O) groups excluding carboxylic acids is 1. The highest BCUT2D eigenvalue weighted by molar-refractivity contribution is 7.92. The van der Waals surface area contributed by atoms with Crippen LogP contribution in [-0.4, -0.2) is 50.9 Å². The van der Waals surface area contributed by atoms with E-state index in [9.17, 15) is 13.2 Å². The molecule has 2 heterocycles. The Hall–Kier alpha value is -1.56. The Bertz CT molecular complexity index is 680. The van der Waals surface area contributed by atoms with E-state index in [1.54, 1.807) is 7.11 Å². The lowest BCUT2D eigenvalue weighted by Gasteiger charge is -2.46. The monoisotopic (exact) mass is 323 g/mol. The van der Waals surface area contributed by atoms with Crippen molar-refractivity contribution in [3.63, 3.8) is 0 Å². The van der Waals surface area contributed by atoms with Gasteiger partial charge < -0.3 is 9.64 Å². The van der Waals surface area contributed by atoms with Gasteiger partial charge in [-0.05, 0) is 42.0 Å². The SMILES string of the molecule is COc1ccc(CC(=O)N2CC(C3CS(=O)(=O)C3)C2)c(C)c1. The number of ether oxygens (including phenoxy) is 1. The topological polar surface area (TPSA) is 63.7 Å². The van der Waals surface area contributed by atoms with Crippen LogP contribution in [0, 0.1) is 18.8 Å². The Kier molecular flexibility index (Phi) is 3.89. The van der Waals surface area contributed by atoms with Crippen LogP contribution in [0.1, 0.15) is 11.1 Å². The van der Waals surface area contributed by atoms with E-state index in [1.165, 1.54) is 0 Å². The summed E-state index contributed by atoms with van der Waals surface area (Å²) in [5, 5.41) is 0. The molecule has 2 fully saturated rings. The van der Waals surface area contributed by atoms with Gasteiger partial charge in [-0.25, -0.2) is 8.42 Å². The van der Waals surface area contributed by atoms with Crippen molar-refractivity contribution in [3.05, 3.63) is 29.3 Å². The van der Waals surface area contributed by atoms with Crippen molar-refractivity contribution in [1.29, 1.82) is 0 Å². The molecule has 3 rings (SSSR count). The number of nitrogens with zero attached hydrogens (tertiary/aromatic N) is 1. The van der Waals surface area contributed by atoms with Gasteiger partial charge in [0.2, 0.25) is 5.91 Å². The Morgan fingerprint density at radius 1 is 1.27 bits per heavy atom. The molecule has 1 amide bonds. The molecule has 0 atom stereocenters. The van der Waals surface area contributed by atoms with E-state index < -0.39 is 9.84 Å². The standard InChI is InChI=1S/C16H21NO4S/c1-11-5-15(21-2)4-3-12(11)6-16(18)17-7-13(8-17)14-9-22(19,20)10-14/h3-5,13-14H,6-10H2,1-2H3. The summed E-state index contributed by atoms with van der Waals surface area (Å²) in [6.45, 7) is 3.38. The third-order valence-electron chi connectivity index (χ3n) is 4.76. The fourth-order valence-electron chi connectivity index (χ4n) is 3.16. The second-order valence-electron chi connectivity index (χ2n) is 6.36. The van der Waals surface area contributed by atoms with Crippen LogP contribution < -0.4 is 4.74 Å². The smallest absolute Gasteiger partial charge is 0.227 e. The molecule has 2 aliphatic heterocycles. The summed E-state index contributed by atoms with van der Waals surface area (Å²) in [6, 6.07) is 5.73. The third-order valence-corrected chi connectivity index (χ3v) is 6.63. The normalized spacial score (nSPS) is 21.1. The predicted molar refractivity (Wildman–Crippen MR) is 83.6 cm³/mol. The summed E-state index contributed by atoms with van der Waals surface area (Å²) in [5.41, 5.74) is 2.07. The molecule has 0 spiro atoms. The van der Waals surface area contributed by atoms with Gasteiger partial charge in [0.15, 0.2) is 9.84 Å². The highest BCUT2D eigenvalue weighted by Crippen LogP contribution is 2.33. The summed E-state index contributed by atoms with van der Waals surface area (Å²) < 4.78 is 27.6. The molecule has 0 unspecified atom stereocenters. The van der Waals surface area contributed by atoms with E-state index >= 15 is 0 Å². The maximum Gasteiger partial charge on any atom is 0.227 e. The number of hydrogen-bond acceptors (Lipinski definition) is 4. The molecule has 2 saturated heterocycles. The average Bonchev–Trinajstić information content (AvgIpc) is 2.37. The Balaban J connectivity index is 1.52. The Morgan fingerprint density at radius 2 is 1.95 bits per heavy atom. The van der Waals surface area contributed by atoms with Crippen LogP contribution in [0.2, 0.25) is 0 Å². The largest absolute Gasteiger partial charge is 0.497 e. The van der Waals surface area contributed by atoms with Crippen LogP contribution in [0.3, 0.4) is 0 Å². The summed E-state index contributed by atoms with van der Waals surface area (Å²) >= 11 is 0. The molecule has 6 heteroatoms. The number of likely N-dealkylation sites (tertiary alicyclic amines) is 1. The molecule has 0 N–H and O–H groups in total. The minimum atomic E-state index is -2.77. The maximum absolute atomic E-state index is 12.3. The van der Waals surface area contributed by atoms with Gasteiger partial charge in [0.1, 0.15) is 5.75 Å². The molecule has 5 nitrogen and oxygen atoms in total. The number of rotatable bonds is 4. The van der Waals surface area contributed by atoms with Gasteiger partial charge in [-0.3, -0.25) is 4.79 Å². The molecule has 0 radical (unpaired) electrons. The van der Waals surface area contributed by atoms with Crippen molar-refractivity contribution in [2.75, 3.05) is 31.7 Å². The summed E-state index contributed by atoms with van der Waals surface area (Å²) in [7, 11) is -1.14. The van der Waals surface area contributed by atoms with Crippen LogP contribution in [0.4, 0.5) is 0 Å². The first-order chi connectivity index (χ1) is 10.4. The zero-order chi connectivity index (χ0) is 15.9. The van der Waals surface area contributed by atoms with Crippen LogP contribution >= 0.6 is 0 Å². The number of carbonyl (C=O) groups is 1. The number of amides is 1. The van der Waals surface area contributed by atoms with E-state index in [0.29, 0.717) is 36.9 Å². The van der Waals surface area contributed by atoms with E-state index in [0.717, 1.165) is 16.9 Å². The lowest BCUT2D eigenvalue weighted by molar-refractivity contribution is -0.137. The van der Waals surface area contributed by atoms with Gasteiger partial charge in [0.05, 0.1) is 25.0 Å². The van der Waals surface area contributed by atoms with Gasteiger partial charge >= 0.3 is 0 Å². The fraction of sp³-hybridized carbons (Fsp3) is 0.562. The zero-order valence-corrected chi connectivity index (χ0v) is 13.7. The lowest BCUT2D eigenvalue weighted by atomic mass is 9.87. The molecular formula is C16H21NO4S. The minimum Gasteiger partial charge on any atom is -0.497 e. The van der Waals surface area contributed by atoms with Crippen molar-refractivity contribution in [2.24, 2.45) is 11.8 Å². The minimum absolute atomic E-state index is 0.117. The lowest BCUT2D eigenvalue weighted by Crippen LogP contribution is -2.58. The highest BCUT2D eigenvalue weighted by atomic mass is 32.2. The molecule has 0 bridgehead atoms.